The van der Waals surface area contributed by atoms with Crippen molar-refractivity contribution in [1.82, 2.24) is 15.0 Å². The highest BCUT2D eigenvalue weighted by atomic mass is 35.5. The largest absolute Gasteiger partial charge is 0.493 e. The minimum Gasteiger partial charge on any atom is -0.493 e. The first-order valence-corrected chi connectivity index (χ1v) is 8.61. The predicted molar refractivity (Wildman–Crippen MR) is 97.8 cm³/mol. The van der Waals surface area contributed by atoms with Gasteiger partial charge in [-0.25, -0.2) is 9.97 Å². The molecule has 0 aliphatic rings. The fourth-order valence-electron chi connectivity index (χ4n) is 2.17. The Morgan fingerprint density at radius 1 is 1.28 bits per heavy atom. The van der Waals surface area contributed by atoms with Gasteiger partial charge in [0, 0.05) is 17.8 Å². The average Bonchev–Trinajstić information content (AvgIpc) is 3.01. The van der Waals surface area contributed by atoms with Gasteiger partial charge in [-0.1, -0.05) is 23.4 Å². The van der Waals surface area contributed by atoms with Crippen molar-refractivity contribution < 1.29 is 14.3 Å². The Hall–Kier alpha value is -2.45. The number of nitrogens with one attached hydrogen (secondary N) is 2. The van der Waals surface area contributed by atoms with Crippen molar-refractivity contribution in [3.05, 3.63) is 35.6 Å². The van der Waals surface area contributed by atoms with E-state index in [1.54, 1.807) is 44.7 Å². The minimum atomic E-state index is -0.158. The number of nitrogens with zero attached hydrogens (tertiary/aromatic N) is 2. The molecule has 0 unspecified atom stereocenters. The molecule has 1 aromatic carbocycles. The number of H-pyrrole nitrogens is 1. The predicted octanol–water partition coefficient (Wildman–Crippen LogP) is 3.36. The van der Waals surface area contributed by atoms with Crippen LogP contribution in [-0.2, 0) is 4.79 Å². The first kappa shape index (κ1) is 17.4. The summed E-state index contributed by atoms with van der Waals surface area (Å²) >= 11 is 7.13. The molecule has 9 heteroatoms. The van der Waals surface area contributed by atoms with Crippen LogP contribution in [0.5, 0.6) is 11.5 Å². The number of carbonyl (C=O) groups is 1. The first-order chi connectivity index (χ1) is 12.1. The minimum absolute atomic E-state index is 0.158. The molecule has 0 aliphatic heterocycles. The molecule has 0 fully saturated rings. The first-order valence-electron chi connectivity index (χ1n) is 7.25. The second-order valence-electron chi connectivity index (χ2n) is 4.97. The molecule has 7 nitrogen and oxygen atoms in total. The van der Waals surface area contributed by atoms with Gasteiger partial charge < -0.3 is 19.8 Å². The molecule has 2 aromatic heterocycles. The number of thioether (sulfide) groups is 1. The lowest BCUT2D eigenvalue weighted by Crippen LogP contribution is -2.14. The number of pyridine rings is 1. The number of amides is 1. The van der Waals surface area contributed by atoms with Gasteiger partial charge in [-0.2, -0.15) is 0 Å². The van der Waals surface area contributed by atoms with Crippen molar-refractivity contribution in [3.8, 4) is 11.5 Å². The quantitative estimate of drug-likeness (QED) is 0.505. The maximum Gasteiger partial charge on any atom is 0.234 e. The summed E-state index contributed by atoms with van der Waals surface area (Å²) in [6.45, 7) is 0. The van der Waals surface area contributed by atoms with Crippen LogP contribution < -0.4 is 14.8 Å². The monoisotopic (exact) mass is 378 g/mol. The summed E-state index contributed by atoms with van der Waals surface area (Å²) < 4.78 is 10.4. The van der Waals surface area contributed by atoms with Gasteiger partial charge in [0.25, 0.3) is 0 Å². The second-order valence-corrected chi connectivity index (χ2v) is 6.32. The van der Waals surface area contributed by atoms with E-state index in [0.29, 0.717) is 33.0 Å². The van der Waals surface area contributed by atoms with Crippen molar-refractivity contribution in [1.29, 1.82) is 0 Å². The van der Waals surface area contributed by atoms with Crippen LogP contribution in [0.4, 0.5) is 5.69 Å². The van der Waals surface area contributed by atoms with Gasteiger partial charge in [0.2, 0.25) is 5.91 Å². The van der Waals surface area contributed by atoms with E-state index in [1.165, 1.54) is 11.8 Å². The van der Waals surface area contributed by atoms with Gasteiger partial charge in [0.1, 0.15) is 5.15 Å². The van der Waals surface area contributed by atoms with Gasteiger partial charge >= 0.3 is 0 Å². The number of methoxy groups -OCH3 is 2. The van der Waals surface area contributed by atoms with Gasteiger partial charge in [-0.15, -0.1) is 0 Å². The van der Waals surface area contributed by atoms with Crippen molar-refractivity contribution in [2.45, 2.75) is 5.16 Å². The van der Waals surface area contributed by atoms with E-state index in [4.69, 9.17) is 21.1 Å². The molecule has 3 rings (SSSR count). The summed E-state index contributed by atoms with van der Waals surface area (Å²) in [5, 5.41) is 3.81. The number of rotatable bonds is 6. The van der Waals surface area contributed by atoms with E-state index < -0.39 is 0 Å². The third-order valence-corrected chi connectivity index (χ3v) is 4.40. The van der Waals surface area contributed by atoms with Crippen LogP contribution in [0.25, 0.3) is 11.0 Å². The Labute approximate surface area is 153 Å². The lowest BCUT2D eigenvalue weighted by atomic mass is 10.2. The standard InChI is InChI=1S/C16H15ClN4O3S/c1-23-12-4-3-9(5-13(12)24-2)19-15(22)8-25-16-20-10-6-14(17)18-7-11(10)21-16/h3-7H,8H2,1-2H3,(H,19,22)(H,20,21). The topological polar surface area (TPSA) is 89.1 Å². The summed E-state index contributed by atoms with van der Waals surface area (Å²) in [5.74, 6) is 1.20. The Morgan fingerprint density at radius 3 is 2.84 bits per heavy atom. The van der Waals surface area contributed by atoms with Crippen molar-refractivity contribution in [2.75, 3.05) is 25.3 Å². The fraction of sp³-hybridized carbons (Fsp3) is 0.188. The van der Waals surface area contributed by atoms with Crippen LogP contribution in [0, 0.1) is 0 Å². The zero-order valence-corrected chi connectivity index (χ0v) is 15.1. The molecular formula is C16H15ClN4O3S. The lowest BCUT2D eigenvalue weighted by Gasteiger charge is -2.10. The molecule has 0 radical (unpaired) electrons. The number of aromatic nitrogens is 3. The van der Waals surface area contributed by atoms with Crippen LogP contribution in [0.1, 0.15) is 0 Å². The maximum atomic E-state index is 12.1. The van der Waals surface area contributed by atoms with E-state index in [0.717, 1.165) is 5.52 Å². The van der Waals surface area contributed by atoms with E-state index >= 15 is 0 Å². The van der Waals surface area contributed by atoms with Crippen molar-refractivity contribution in [3.63, 3.8) is 0 Å². The number of hydrogen-bond donors (Lipinski definition) is 2. The molecule has 25 heavy (non-hydrogen) atoms. The SMILES string of the molecule is COc1ccc(NC(=O)CSc2nc3cc(Cl)ncc3[nH]2)cc1OC. The third kappa shape index (κ3) is 4.15. The van der Waals surface area contributed by atoms with E-state index in [-0.39, 0.29) is 11.7 Å². The van der Waals surface area contributed by atoms with Gasteiger partial charge in [0.15, 0.2) is 16.7 Å². The number of imidazole rings is 1. The normalized spacial score (nSPS) is 10.7. The molecule has 0 bridgehead atoms. The Morgan fingerprint density at radius 2 is 2.08 bits per heavy atom. The number of benzene rings is 1. The Kier molecular flexibility index (Phi) is 5.30. The number of ether oxygens (including phenoxy) is 2. The molecular weight excluding hydrogens is 364 g/mol. The number of hydrogen-bond acceptors (Lipinski definition) is 6. The van der Waals surface area contributed by atoms with Crippen LogP contribution in [0.2, 0.25) is 5.15 Å². The third-order valence-electron chi connectivity index (χ3n) is 3.32. The van der Waals surface area contributed by atoms with Crippen molar-refractivity contribution in [2.24, 2.45) is 0 Å². The molecule has 0 atom stereocenters. The molecule has 1 amide bonds. The maximum absolute atomic E-state index is 12.1. The summed E-state index contributed by atoms with van der Waals surface area (Å²) in [5.41, 5.74) is 2.11. The number of aromatic amines is 1. The highest BCUT2D eigenvalue weighted by molar-refractivity contribution is 7.99. The molecule has 0 saturated heterocycles. The molecule has 0 spiro atoms. The Bertz CT molecular complexity index is 916. The van der Waals surface area contributed by atoms with Gasteiger partial charge in [-0.05, 0) is 12.1 Å². The average molecular weight is 379 g/mol. The van der Waals surface area contributed by atoms with Crippen LogP contribution in [-0.4, -0.2) is 40.8 Å². The van der Waals surface area contributed by atoms with Gasteiger partial charge in [-0.3, -0.25) is 4.79 Å². The van der Waals surface area contributed by atoms with E-state index in [9.17, 15) is 4.79 Å². The number of fused-ring (bicyclic) bond motifs is 1. The summed E-state index contributed by atoms with van der Waals surface area (Å²) in [7, 11) is 3.10. The number of carbonyl (C=O) groups excluding carboxylic acids is 1. The molecule has 3 aromatic rings. The van der Waals surface area contributed by atoms with Crippen molar-refractivity contribution >= 4 is 46.0 Å². The van der Waals surface area contributed by atoms with Crippen LogP contribution >= 0.6 is 23.4 Å². The number of anilines is 1. The van der Waals surface area contributed by atoms with Gasteiger partial charge in [0.05, 0.1) is 37.2 Å². The van der Waals surface area contributed by atoms with E-state index in [2.05, 4.69) is 20.3 Å². The Balaban J connectivity index is 1.62. The van der Waals surface area contributed by atoms with Crippen LogP contribution in [0.3, 0.4) is 0 Å². The molecule has 2 heterocycles. The van der Waals surface area contributed by atoms with Crippen LogP contribution in [0.15, 0.2) is 35.6 Å². The molecule has 0 aliphatic carbocycles. The number of halogens is 1. The highest BCUT2D eigenvalue weighted by Gasteiger charge is 2.10. The summed E-state index contributed by atoms with van der Waals surface area (Å²) in [4.78, 5) is 23.6. The zero-order chi connectivity index (χ0) is 17.8. The second kappa shape index (κ2) is 7.62. The summed E-state index contributed by atoms with van der Waals surface area (Å²) in [6, 6.07) is 6.85. The fourth-order valence-corrected chi connectivity index (χ4v) is 3.01. The molecule has 2 N–H and O–H groups in total. The van der Waals surface area contributed by atoms with E-state index in [1.807, 2.05) is 0 Å². The highest BCUT2D eigenvalue weighted by Crippen LogP contribution is 2.30. The smallest absolute Gasteiger partial charge is 0.234 e. The zero-order valence-electron chi connectivity index (χ0n) is 13.5. The lowest BCUT2D eigenvalue weighted by molar-refractivity contribution is -0.113. The summed E-state index contributed by atoms with van der Waals surface area (Å²) in [6.07, 6.45) is 1.61. The molecule has 0 saturated carbocycles. The molecule has 130 valence electrons.